The number of halogens is 1. The van der Waals surface area contributed by atoms with E-state index >= 15 is 0 Å². The number of carbonyl (C=O) groups is 1. The Morgan fingerprint density at radius 2 is 2.00 bits per heavy atom. The summed E-state index contributed by atoms with van der Waals surface area (Å²) < 4.78 is 0. The van der Waals surface area contributed by atoms with Crippen molar-refractivity contribution in [3.63, 3.8) is 0 Å². The van der Waals surface area contributed by atoms with Crippen molar-refractivity contribution in [2.45, 2.75) is 32.2 Å². The lowest BCUT2D eigenvalue weighted by atomic mass is 10.1. The standard InChI is InChI=1S/C13H19N3O3.ClH/c1-10(14)2-7-13(17)15-9-8-11-3-5-12(6-4-11)16(18)19;/h3-6,10H,2,7-9,14H2,1H3,(H,15,17);1H. The van der Waals surface area contributed by atoms with Gasteiger partial charge in [0, 0.05) is 31.1 Å². The molecule has 0 saturated carbocycles. The van der Waals surface area contributed by atoms with Gasteiger partial charge in [0.1, 0.15) is 0 Å². The van der Waals surface area contributed by atoms with E-state index in [1.165, 1.54) is 12.1 Å². The van der Waals surface area contributed by atoms with Gasteiger partial charge < -0.3 is 11.1 Å². The number of non-ortho nitro benzene ring substituents is 1. The van der Waals surface area contributed by atoms with Gasteiger partial charge in [-0.15, -0.1) is 12.4 Å². The van der Waals surface area contributed by atoms with E-state index < -0.39 is 4.92 Å². The number of benzene rings is 1. The molecule has 1 amide bonds. The van der Waals surface area contributed by atoms with E-state index in [0.29, 0.717) is 25.8 Å². The van der Waals surface area contributed by atoms with Crippen LogP contribution >= 0.6 is 12.4 Å². The van der Waals surface area contributed by atoms with Crippen molar-refractivity contribution in [1.29, 1.82) is 0 Å². The van der Waals surface area contributed by atoms with E-state index in [-0.39, 0.29) is 30.0 Å². The summed E-state index contributed by atoms with van der Waals surface area (Å²) in [5, 5.41) is 13.3. The molecule has 0 aliphatic heterocycles. The number of carbonyl (C=O) groups excluding carboxylic acids is 1. The van der Waals surface area contributed by atoms with Crippen molar-refractivity contribution in [2.24, 2.45) is 5.73 Å². The molecule has 0 radical (unpaired) electrons. The van der Waals surface area contributed by atoms with E-state index in [4.69, 9.17) is 5.73 Å². The van der Waals surface area contributed by atoms with Crippen LogP contribution in [0.25, 0.3) is 0 Å². The lowest BCUT2D eigenvalue weighted by Crippen LogP contribution is -2.27. The fourth-order valence-corrected chi connectivity index (χ4v) is 1.58. The number of nitro benzene ring substituents is 1. The van der Waals surface area contributed by atoms with Crippen LogP contribution in [0.1, 0.15) is 25.3 Å². The number of hydrogen-bond acceptors (Lipinski definition) is 4. The Morgan fingerprint density at radius 1 is 1.40 bits per heavy atom. The van der Waals surface area contributed by atoms with Crippen molar-refractivity contribution in [3.8, 4) is 0 Å². The molecule has 1 aromatic rings. The molecule has 0 saturated heterocycles. The molecule has 112 valence electrons. The summed E-state index contributed by atoms with van der Waals surface area (Å²) in [6.07, 6.45) is 1.75. The molecule has 1 unspecified atom stereocenters. The van der Waals surface area contributed by atoms with Crippen molar-refractivity contribution >= 4 is 24.0 Å². The number of nitrogens with two attached hydrogens (primary N) is 1. The zero-order chi connectivity index (χ0) is 14.3. The second-order valence-electron chi connectivity index (χ2n) is 4.54. The minimum Gasteiger partial charge on any atom is -0.356 e. The van der Waals surface area contributed by atoms with Gasteiger partial charge in [0.2, 0.25) is 5.91 Å². The van der Waals surface area contributed by atoms with Crippen molar-refractivity contribution < 1.29 is 9.72 Å². The molecule has 1 aromatic carbocycles. The molecule has 7 heteroatoms. The highest BCUT2D eigenvalue weighted by molar-refractivity contribution is 5.85. The zero-order valence-electron chi connectivity index (χ0n) is 11.4. The molecule has 0 bridgehead atoms. The van der Waals surface area contributed by atoms with Crippen molar-refractivity contribution in [1.82, 2.24) is 5.32 Å². The van der Waals surface area contributed by atoms with E-state index in [1.54, 1.807) is 12.1 Å². The van der Waals surface area contributed by atoms with E-state index in [0.717, 1.165) is 5.56 Å². The Kier molecular flexibility index (Phi) is 8.51. The van der Waals surface area contributed by atoms with Crippen LogP contribution in [0.3, 0.4) is 0 Å². The largest absolute Gasteiger partial charge is 0.356 e. The van der Waals surface area contributed by atoms with Gasteiger partial charge in [0.25, 0.3) is 5.69 Å². The third-order valence-corrected chi connectivity index (χ3v) is 2.71. The third kappa shape index (κ3) is 7.06. The van der Waals surface area contributed by atoms with E-state index in [1.807, 2.05) is 6.92 Å². The lowest BCUT2D eigenvalue weighted by molar-refractivity contribution is -0.384. The molecule has 0 heterocycles. The smallest absolute Gasteiger partial charge is 0.269 e. The van der Waals surface area contributed by atoms with Gasteiger partial charge in [-0.3, -0.25) is 14.9 Å². The summed E-state index contributed by atoms with van der Waals surface area (Å²) in [6.45, 7) is 2.39. The van der Waals surface area contributed by atoms with Crippen LogP contribution in [-0.4, -0.2) is 23.4 Å². The highest BCUT2D eigenvalue weighted by Gasteiger charge is 2.05. The predicted molar refractivity (Wildman–Crippen MR) is 79.9 cm³/mol. The third-order valence-electron chi connectivity index (χ3n) is 2.71. The quantitative estimate of drug-likeness (QED) is 0.592. The topological polar surface area (TPSA) is 98.3 Å². The number of amides is 1. The maximum Gasteiger partial charge on any atom is 0.269 e. The average Bonchev–Trinajstić information content (AvgIpc) is 2.37. The molecule has 0 spiro atoms. The molecule has 1 atom stereocenters. The minimum atomic E-state index is -0.431. The van der Waals surface area contributed by atoms with Crippen LogP contribution in [0.2, 0.25) is 0 Å². The van der Waals surface area contributed by atoms with Gasteiger partial charge in [-0.2, -0.15) is 0 Å². The fourth-order valence-electron chi connectivity index (χ4n) is 1.58. The van der Waals surface area contributed by atoms with E-state index in [2.05, 4.69) is 5.32 Å². The van der Waals surface area contributed by atoms with Crippen LogP contribution in [-0.2, 0) is 11.2 Å². The molecule has 0 aliphatic carbocycles. The van der Waals surface area contributed by atoms with Gasteiger partial charge >= 0.3 is 0 Å². The predicted octanol–water partition coefficient (Wildman–Crippen LogP) is 1.80. The maximum absolute atomic E-state index is 11.4. The van der Waals surface area contributed by atoms with Gasteiger partial charge in [-0.05, 0) is 25.3 Å². The Labute approximate surface area is 124 Å². The Hall–Kier alpha value is -1.66. The minimum absolute atomic E-state index is 0. The van der Waals surface area contributed by atoms with Crippen LogP contribution < -0.4 is 11.1 Å². The number of nitrogens with one attached hydrogen (secondary N) is 1. The van der Waals surface area contributed by atoms with Crippen LogP contribution in [0.5, 0.6) is 0 Å². The first kappa shape index (κ1) is 18.3. The SMILES string of the molecule is CC(N)CCC(=O)NCCc1ccc([N+](=O)[O-])cc1.Cl. The van der Waals surface area contributed by atoms with Crippen LogP contribution in [0.4, 0.5) is 5.69 Å². The number of nitro groups is 1. The van der Waals surface area contributed by atoms with Gasteiger partial charge in [-0.1, -0.05) is 12.1 Å². The summed E-state index contributed by atoms with van der Waals surface area (Å²) >= 11 is 0. The molecule has 20 heavy (non-hydrogen) atoms. The first-order valence-electron chi connectivity index (χ1n) is 6.24. The Balaban J connectivity index is 0.00000361. The molecule has 0 fully saturated rings. The first-order chi connectivity index (χ1) is 8.99. The van der Waals surface area contributed by atoms with Gasteiger partial charge in [-0.25, -0.2) is 0 Å². The molecular formula is C13H20ClN3O3. The summed E-state index contributed by atoms with van der Waals surface area (Å²) in [7, 11) is 0. The van der Waals surface area contributed by atoms with E-state index in [9.17, 15) is 14.9 Å². The fraction of sp³-hybridized carbons (Fsp3) is 0.462. The van der Waals surface area contributed by atoms with Gasteiger partial charge in [0.15, 0.2) is 0 Å². The summed E-state index contributed by atoms with van der Waals surface area (Å²) in [4.78, 5) is 21.5. The molecule has 0 aliphatic rings. The van der Waals surface area contributed by atoms with Crippen LogP contribution in [0, 0.1) is 10.1 Å². The number of nitrogens with zero attached hydrogens (tertiary/aromatic N) is 1. The molecule has 1 rings (SSSR count). The number of rotatable bonds is 7. The molecule has 0 aromatic heterocycles. The van der Waals surface area contributed by atoms with Crippen LogP contribution in [0.15, 0.2) is 24.3 Å². The summed E-state index contributed by atoms with van der Waals surface area (Å²) in [6, 6.07) is 6.36. The molecule has 3 N–H and O–H groups in total. The monoisotopic (exact) mass is 301 g/mol. The second kappa shape index (κ2) is 9.28. The highest BCUT2D eigenvalue weighted by atomic mass is 35.5. The molecular weight excluding hydrogens is 282 g/mol. The second-order valence-corrected chi connectivity index (χ2v) is 4.54. The van der Waals surface area contributed by atoms with Gasteiger partial charge in [0.05, 0.1) is 4.92 Å². The maximum atomic E-state index is 11.4. The summed E-state index contributed by atoms with van der Waals surface area (Å²) in [5.41, 5.74) is 6.59. The highest BCUT2D eigenvalue weighted by Crippen LogP contribution is 2.11. The first-order valence-corrected chi connectivity index (χ1v) is 6.24. The Morgan fingerprint density at radius 3 is 2.50 bits per heavy atom. The van der Waals surface area contributed by atoms with Crippen molar-refractivity contribution in [2.75, 3.05) is 6.54 Å². The lowest BCUT2D eigenvalue weighted by Gasteiger charge is -2.07. The summed E-state index contributed by atoms with van der Waals surface area (Å²) in [5.74, 6) is -0.0146. The molecule has 6 nitrogen and oxygen atoms in total. The zero-order valence-corrected chi connectivity index (χ0v) is 12.2. The normalized spacial score (nSPS) is 11.3. The van der Waals surface area contributed by atoms with Crippen molar-refractivity contribution in [3.05, 3.63) is 39.9 Å². The average molecular weight is 302 g/mol. The Bertz CT molecular complexity index is 435. The number of hydrogen-bond donors (Lipinski definition) is 2.